The summed E-state index contributed by atoms with van der Waals surface area (Å²) >= 11 is 3.45. The molecule has 1 saturated carbocycles. The zero-order chi connectivity index (χ0) is 16.4. The minimum absolute atomic E-state index is 0.0267. The summed E-state index contributed by atoms with van der Waals surface area (Å²) in [5.41, 5.74) is 1.27. The summed E-state index contributed by atoms with van der Waals surface area (Å²) in [4.78, 5) is 25.6. The second-order valence-electron chi connectivity index (χ2n) is 6.71. The third kappa shape index (κ3) is 4.14. The van der Waals surface area contributed by atoms with Crippen LogP contribution in [0.25, 0.3) is 0 Å². The minimum Gasteiger partial charge on any atom is -0.356 e. The van der Waals surface area contributed by atoms with Crippen LogP contribution >= 0.6 is 15.9 Å². The van der Waals surface area contributed by atoms with E-state index in [1.54, 1.807) is 6.92 Å². The molecule has 124 valence electrons. The SMILES string of the molecule is CC(=O)NCC1CCN(C(=O)C2CC2c2ccc(Br)cc2)CC1. The van der Waals surface area contributed by atoms with Crippen molar-refractivity contribution in [2.75, 3.05) is 19.6 Å². The van der Waals surface area contributed by atoms with Crippen LogP contribution in [-0.2, 0) is 9.59 Å². The van der Waals surface area contributed by atoms with Crippen LogP contribution in [0.4, 0.5) is 0 Å². The van der Waals surface area contributed by atoms with Crippen molar-refractivity contribution < 1.29 is 9.59 Å². The van der Waals surface area contributed by atoms with Crippen molar-refractivity contribution in [3.8, 4) is 0 Å². The average Bonchev–Trinajstić information content (AvgIpc) is 3.34. The first-order chi connectivity index (χ1) is 11.0. The number of hydrogen-bond donors (Lipinski definition) is 1. The van der Waals surface area contributed by atoms with Crippen LogP contribution in [0.15, 0.2) is 28.7 Å². The number of amides is 2. The molecule has 1 saturated heterocycles. The van der Waals surface area contributed by atoms with E-state index in [0.29, 0.717) is 17.7 Å². The highest BCUT2D eigenvalue weighted by Gasteiger charge is 2.46. The van der Waals surface area contributed by atoms with E-state index in [0.717, 1.165) is 43.4 Å². The number of rotatable bonds is 4. The largest absolute Gasteiger partial charge is 0.356 e. The van der Waals surface area contributed by atoms with Crippen LogP contribution in [-0.4, -0.2) is 36.3 Å². The van der Waals surface area contributed by atoms with Crippen LogP contribution < -0.4 is 5.32 Å². The molecule has 0 bridgehead atoms. The Bertz CT molecular complexity index is 579. The Labute approximate surface area is 145 Å². The lowest BCUT2D eigenvalue weighted by atomic mass is 9.96. The fourth-order valence-corrected chi connectivity index (χ4v) is 3.69. The summed E-state index contributed by atoms with van der Waals surface area (Å²) in [5, 5.41) is 2.88. The molecule has 1 aromatic rings. The van der Waals surface area contributed by atoms with Crippen molar-refractivity contribution in [3.05, 3.63) is 34.3 Å². The number of nitrogens with zero attached hydrogens (tertiary/aromatic N) is 1. The summed E-state index contributed by atoms with van der Waals surface area (Å²) in [7, 11) is 0. The van der Waals surface area contributed by atoms with E-state index in [-0.39, 0.29) is 11.8 Å². The summed E-state index contributed by atoms with van der Waals surface area (Å²) in [6, 6.07) is 8.31. The van der Waals surface area contributed by atoms with Gasteiger partial charge in [-0.15, -0.1) is 0 Å². The molecule has 1 heterocycles. The van der Waals surface area contributed by atoms with Gasteiger partial charge in [-0.25, -0.2) is 0 Å². The number of carbonyl (C=O) groups is 2. The summed E-state index contributed by atoms with van der Waals surface area (Å²) in [6.45, 7) is 3.94. The first-order valence-corrected chi connectivity index (χ1v) is 9.12. The summed E-state index contributed by atoms with van der Waals surface area (Å²) in [6.07, 6.45) is 2.95. The van der Waals surface area contributed by atoms with Crippen molar-refractivity contribution >= 4 is 27.7 Å². The van der Waals surface area contributed by atoms with Gasteiger partial charge in [0, 0.05) is 36.9 Å². The molecule has 2 aliphatic rings. The third-order valence-electron chi connectivity index (χ3n) is 4.97. The molecule has 3 rings (SSSR count). The molecule has 4 nitrogen and oxygen atoms in total. The maximum absolute atomic E-state index is 12.6. The van der Waals surface area contributed by atoms with E-state index >= 15 is 0 Å². The molecule has 1 aliphatic carbocycles. The molecule has 0 spiro atoms. The Kier molecular flexibility index (Phi) is 5.05. The van der Waals surface area contributed by atoms with Gasteiger partial charge < -0.3 is 10.2 Å². The summed E-state index contributed by atoms with van der Waals surface area (Å²) < 4.78 is 1.08. The lowest BCUT2D eigenvalue weighted by molar-refractivity contribution is -0.134. The van der Waals surface area contributed by atoms with Gasteiger partial charge in [-0.3, -0.25) is 9.59 Å². The molecular formula is C18H23BrN2O2. The van der Waals surface area contributed by atoms with Crippen molar-refractivity contribution in [2.45, 2.75) is 32.1 Å². The fourth-order valence-electron chi connectivity index (χ4n) is 3.43. The number of carbonyl (C=O) groups excluding carboxylic acids is 2. The van der Waals surface area contributed by atoms with E-state index in [9.17, 15) is 9.59 Å². The maximum Gasteiger partial charge on any atom is 0.226 e. The Morgan fingerprint density at radius 3 is 2.48 bits per heavy atom. The van der Waals surface area contributed by atoms with Crippen LogP contribution in [0, 0.1) is 11.8 Å². The highest BCUT2D eigenvalue weighted by Crippen LogP contribution is 2.48. The molecule has 0 radical (unpaired) electrons. The highest BCUT2D eigenvalue weighted by molar-refractivity contribution is 9.10. The average molecular weight is 379 g/mol. The molecule has 5 heteroatoms. The number of benzene rings is 1. The lowest BCUT2D eigenvalue weighted by Gasteiger charge is -2.32. The van der Waals surface area contributed by atoms with Crippen molar-refractivity contribution in [1.82, 2.24) is 10.2 Å². The topological polar surface area (TPSA) is 49.4 Å². The van der Waals surface area contributed by atoms with Crippen molar-refractivity contribution in [3.63, 3.8) is 0 Å². The summed E-state index contributed by atoms with van der Waals surface area (Å²) in [5.74, 6) is 1.41. The van der Waals surface area contributed by atoms with E-state index in [1.807, 2.05) is 17.0 Å². The van der Waals surface area contributed by atoms with Crippen molar-refractivity contribution in [2.24, 2.45) is 11.8 Å². The fraction of sp³-hybridized carbons (Fsp3) is 0.556. The molecule has 1 N–H and O–H groups in total. The second kappa shape index (κ2) is 7.04. The first kappa shape index (κ1) is 16.5. The van der Waals surface area contributed by atoms with Gasteiger partial charge >= 0.3 is 0 Å². The number of hydrogen-bond acceptors (Lipinski definition) is 2. The number of likely N-dealkylation sites (tertiary alicyclic amines) is 1. The zero-order valence-electron chi connectivity index (χ0n) is 13.4. The molecule has 1 aromatic carbocycles. The molecule has 1 aliphatic heterocycles. The highest BCUT2D eigenvalue weighted by atomic mass is 79.9. The van der Waals surface area contributed by atoms with Gasteiger partial charge in [0.05, 0.1) is 0 Å². The molecule has 0 aromatic heterocycles. The second-order valence-corrected chi connectivity index (χ2v) is 7.62. The Hall–Kier alpha value is -1.36. The van der Waals surface area contributed by atoms with Crippen molar-refractivity contribution in [1.29, 1.82) is 0 Å². The predicted octanol–water partition coefficient (Wildman–Crippen LogP) is 2.93. The van der Waals surface area contributed by atoms with Gasteiger partial charge in [0.25, 0.3) is 0 Å². The molecule has 2 amide bonds. The van der Waals surface area contributed by atoms with Gasteiger partial charge in [-0.2, -0.15) is 0 Å². The molecule has 23 heavy (non-hydrogen) atoms. The zero-order valence-corrected chi connectivity index (χ0v) is 15.0. The van der Waals surface area contributed by atoms with E-state index in [4.69, 9.17) is 0 Å². The van der Waals surface area contributed by atoms with Gasteiger partial charge in [0.15, 0.2) is 0 Å². The molecular weight excluding hydrogens is 356 g/mol. The van der Waals surface area contributed by atoms with E-state index in [2.05, 4.69) is 33.4 Å². The molecule has 2 fully saturated rings. The third-order valence-corrected chi connectivity index (χ3v) is 5.50. The Balaban J connectivity index is 1.47. The van der Waals surface area contributed by atoms with Gasteiger partial charge in [-0.1, -0.05) is 28.1 Å². The predicted molar refractivity (Wildman–Crippen MR) is 93.0 cm³/mol. The molecule has 2 unspecified atom stereocenters. The Morgan fingerprint density at radius 1 is 1.22 bits per heavy atom. The van der Waals surface area contributed by atoms with Gasteiger partial charge in [0.1, 0.15) is 0 Å². The molecule has 2 atom stereocenters. The van der Waals surface area contributed by atoms with Crippen LogP contribution in [0.2, 0.25) is 0 Å². The smallest absolute Gasteiger partial charge is 0.226 e. The number of nitrogens with one attached hydrogen (secondary N) is 1. The quantitative estimate of drug-likeness (QED) is 0.875. The number of piperidine rings is 1. The minimum atomic E-state index is 0.0267. The standard InChI is InChI=1S/C18H23BrN2O2/c1-12(22)20-11-13-6-8-21(9-7-13)18(23)17-10-16(17)14-2-4-15(19)5-3-14/h2-5,13,16-17H,6-11H2,1H3,(H,20,22). The lowest BCUT2D eigenvalue weighted by Crippen LogP contribution is -2.42. The van der Waals surface area contributed by atoms with Crippen LogP contribution in [0.1, 0.15) is 37.7 Å². The van der Waals surface area contributed by atoms with E-state index in [1.165, 1.54) is 5.56 Å². The maximum atomic E-state index is 12.6. The van der Waals surface area contributed by atoms with Gasteiger partial charge in [-0.05, 0) is 48.8 Å². The van der Waals surface area contributed by atoms with Crippen LogP contribution in [0.5, 0.6) is 0 Å². The van der Waals surface area contributed by atoms with E-state index < -0.39 is 0 Å². The normalized spacial score (nSPS) is 24.3. The number of halogens is 1. The first-order valence-electron chi connectivity index (χ1n) is 8.33. The van der Waals surface area contributed by atoms with Crippen LogP contribution in [0.3, 0.4) is 0 Å². The Morgan fingerprint density at radius 2 is 1.87 bits per heavy atom. The monoisotopic (exact) mass is 378 g/mol. The van der Waals surface area contributed by atoms with Gasteiger partial charge in [0.2, 0.25) is 11.8 Å².